The van der Waals surface area contributed by atoms with Crippen LogP contribution in [0.1, 0.15) is 49.0 Å². The van der Waals surface area contributed by atoms with Gasteiger partial charge in [-0.15, -0.1) is 11.6 Å². The van der Waals surface area contributed by atoms with Crippen molar-refractivity contribution in [1.82, 2.24) is 4.98 Å². The highest BCUT2D eigenvalue weighted by Gasteiger charge is 2.60. The molecule has 4 aliphatic carbocycles. The van der Waals surface area contributed by atoms with Crippen LogP contribution in [0.4, 0.5) is 5.69 Å². The number of rotatable bonds is 3. The first-order chi connectivity index (χ1) is 12.9. The second-order valence-corrected chi connectivity index (χ2v) is 9.56. The smallest absolute Gasteiger partial charge is 0.356 e. The van der Waals surface area contributed by atoms with Crippen LogP contribution < -0.4 is 5.32 Å². The van der Waals surface area contributed by atoms with Gasteiger partial charge in [-0.25, -0.2) is 4.79 Å². The van der Waals surface area contributed by atoms with Crippen molar-refractivity contribution < 1.29 is 14.3 Å². The number of methoxy groups -OCH3 is 1. The number of hydrogen-bond acceptors (Lipinski definition) is 3. The number of nitrogens with one attached hydrogen (secondary N) is 2. The van der Waals surface area contributed by atoms with Gasteiger partial charge in [0.1, 0.15) is 5.69 Å². The van der Waals surface area contributed by atoms with Crippen LogP contribution in [-0.2, 0) is 9.53 Å². The van der Waals surface area contributed by atoms with Crippen LogP contribution >= 0.6 is 11.6 Å². The Hall–Kier alpha value is -2.01. The lowest BCUT2D eigenvalue weighted by Gasteiger charge is -2.59. The second kappa shape index (κ2) is 5.74. The number of alkyl halides is 1. The van der Waals surface area contributed by atoms with Crippen LogP contribution in [0.25, 0.3) is 10.9 Å². The number of fused-ring (bicyclic) bond motifs is 1. The summed E-state index contributed by atoms with van der Waals surface area (Å²) in [5, 5.41) is 3.91. The van der Waals surface area contributed by atoms with Crippen LogP contribution in [0.5, 0.6) is 0 Å². The number of carbonyl (C=O) groups is 2. The first-order valence-electron chi connectivity index (χ1n) is 9.61. The van der Waals surface area contributed by atoms with E-state index in [0.717, 1.165) is 43.0 Å². The minimum atomic E-state index is -0.485. The molecule has 5 nitrogen and oxygen atoms in total. The highest BCUT2D eigenvalue weighted by Crippen LogP contribution is 2.64. The highest BCUT2D eigenvalue weighted by molar-refractivity contribution is 6.24. The summed E-state index contributed by atoms with van der Waals surface area (Å²) in [6, 6.07) is 7.57. The SMILES string of the molecule is COC(=O)c1[nH]c2ccccc2c1NC(=O)C12C[C@H]3C[C@@H](CC(Cl)(C3)C1)C2. The molecule has 1 heterocycles. The van der Waals surface area contributed by atoms with E-state index in [0.29, 0.717) is 17.5 Å². The number of carbonyl (C=O) groups excluding carboxylic acids is 2. The maximum absolute atomic E-state index is 13.5. The third-order valence-corrected chi connectivity index (χ3v) is 7.25. The predicted octanol–water partition coefficient (Wildman–Crippen LogP) is 4.47. The zero-order valence-electron chi connectivity index (χ0n) is 15.3. The molecule has 0 aliphatic heterocycles. The maximum atomic E-state index is 13.5. The number of para-hydroxylation sites is 1. The Bertz CT molecular complexity index is 936. The standard InChI is InChI=1S/C21H23ClN2O3/c1-27-18(25)17-16(14-4-2-3-5-15(14)23-17)24-19(26)20-7-12-6-13(8-20)10-21(22,9-12)11-20/h2-5,12-13,23H,6-11H2,1H3,(H,24,26)/t12-,13-,20?,21?/m1/s1. The predicted molar refractivity (Wildman–Crippen MR) is 104 cm³/mol. The van der Waals surface area contributed by atoms with Gasteiger partial charge in [0.15, 0.2) is 0 Å². The van der Waals surface area contributed by atoms with Gasteiger partial charge in [0.05, 0.1) is 18.2 Å². The van der Waals surface area contributed by atoms with Gasteiger partial charge in [0, 0.05) is 15.8 Å². The normalized spacial score (nSPS) is 34.0. The molecule has 1 amide bonds. The first kappa shape index (κ1) is 17.1. The van der Waals surface area contributed by atoms with Gasteiger partial charge in [-0.2, -0.15) is 0 Å². The lowest BCUT2D eigenvalue weighted by atomic mass is 9.49. The van der Waals surface area contributed by atoms with Gasteiger partial charge in [0.2, 0.25) is 5.91 Å². The van der Waals surface area contributed by atoms with E-state index in [-0.39, 0.29) is 16.5 Å². The van der Waals surface area contributed by atoms with Gasteiger partial charge < -0.3 is 15.0 Å². The van der Waals surface area contributed by atoms with Gasteiger partial charge in [-0.3, -0.25) is 4.79 Å². The number of ether oxygens (including phenoxy) is 1. The fourth-order valence-electron chi connectivity index (χ4n) is 6.19. The number of anilines is 1. The Kier molecular flexibility index (Phi) is 3.64. The number of halogens is 1. The van der Waals surface area contributed by atoms with Crippen LogP contribution in [-0.4, -0.2) is 28.8 Å². The molecule has 6 rings (SSSR count). The Balaban J connectivity index is 1.52. The monoisotopic (exact) mass is 386 g/mol. The van der Waals surface area contributed by atoms with Crippen LogP contribution in [0.15, 0.2) is 24.3 Å². The van der Waals surface area contributed by atoms with E-state index in [1.165, 1.54) is 13.5 Å². The fraction of sp³-hybridized carbons (Fsp3) is 0.524. The Labute approximate surface area is 162 Å². The molecule has 1 aromatic carbocycles. The zero-order chi connectivity index (χ0) is 18.8. The number of hydrogen-bond donors (Lipinski definition) is 2. The number of aromatic nitrogens is 1. The van der Waals surface area contributed by atoms with Gasteiger partial charge in [0.25, 0.3) is 0 Å². The second-order valence-electron chi connectivity index (χ2n) is 8.76. The van der Waals surface area contributed by atoms with E-state index in [9.17, 15) is 9.59 Å². The van der Waals surface area contributed by atoms with Crippen molar-refractivity contribution in [2.24, 2.45) is 17.3 Å². The molecule has 0 radical (unpaired) electrons. The van der Waals surface area contributed by atoms with Crippen molar-refractivity contribution in [3.63, 3.8) is 0 Å². The molecule has 6 heteroatoms. The number of H-pyrrole nitrogens is 1. The van der Waals surface area contributed by atoms with Gasteiger partial charge in [-0.1, -0.05) is 18.2 Å². The Morgan fingerprint density at radius 3 is 2.56 bits per heavy atom. The summed E-state index contributed by atoms with van der Waals surface area (Å²) in [4.78, 5) is 28.6. The number of esters is 1. The van der Waals surface area contributed by atoms with Crippen molar-refractivity contribution in [2.75, 3.05) is 12.4 Å². The van der Waals surface area contributed by atoms with Crippen LogP contribution in [0.2, 0.25) is 0 Å². The Morgan fingerprint density at radius 2 is 1.89 bits per heavy atom. The summed E-state index contributed by atoms with van der Waals surface area (Å²) < 4.78 is 4.91. The molecule has 2 atom stereocenters. The maximum Gasteiger partial charge on any atom is 0.356 e. The van der Waals surface area contributed by atoms with E-state index < -0.39 is 11.4 Å². The van der Waals surface area contributed by atoms with Crippen molar-refractivity contribution in [3.8, 4) is 0 Å². The molecule has 27 heavy (non-hydrogen) atoms. The summed E-state index contributed by atoms with van der Waals surface area (Å²) in [5.41, 5.74) is 1.18. The van der Waals surface area contributed by atoms with Crippen LogP contribution in [0, 0.1) is 17.3 Å². The lowest BCUT2D eigenvalue weighted by Crippen LogP contribution is -2.57. The number of benzene rings is 1. The molecule has 4 saturated carbocycles. The molecule has 4 fully saturated rings. The number of amides is 1. The average molecular weight is 387 g/mol. The molecule has 1 aromatic heterocycles. The minimum absolute atomic E-state index is 0.00321. The van der Waals surface area contributed by atoms with Crippen molar-refractivity contribution in [1.29, 1.82) is 0 Å². The molecule has 142 valence electrons. The highest BCUT2D eigenvalue weighted by atomic mass is 35.5. The van der Waals surface area contributed by atoms with E-state index in [1.54, 1.807) is 0 Å². The lowest BCUT2D eigenvalue weighted by molar-refractivity contribution is -0.138. The summed E-state index contributed by atoms with van der Waals surface area (Å²) in [7, 11) is 1.34. The largest absolute Gasteiger partial charge is 0.464 e. The average Bonchev–Trinajstić information content (AvgIpc) is 2.97. The summed E-state index contributed by atoms with van der Waals surface area (Å²) in [6.45, 7) is 0. The molecule has 0 spiro atoms. The van der Waals surface area contributed by atoms with E-state index in [1.807, 2.05) is 24.3 Å². The zero-order valence-corrected chi connectivity index (χ0v) is 16.1. The Morgan fingerprint density at radius 1 is 1.19 bits per heavy atom. The van der Waals surface area contributed by atoms with Gasteiger partial charge in [-0.05, 0) is 56.4 Å². The summed E-state index contributed by atoms with van der Waals surface area (Å²) >= 11 is 6.89. The fourth-order valence-corrected chi connectivity index (χ4v) is 6.88. The third kappa shape index (κ3) is 2.59. The topological polar surface area (TPSA) is 71.2 Å². The molecule has 0 unspecified atom stereocenters. The van der Waals surface area contributed by atoms with E-state index >= 15 is 0 Å². The molecule has 2 N–H and O–H groups in total. The molecule has 4 aliphatic rings. The minimum Gasteiger partial charge on any atom is -0.464 e. The van der Waals surface area contributed by atoms with Crippen molar-refractivity contribution >= 4 is 40.1 Å². The molecule has 2 aromatic rings. The first-order valence-corrected chi connectivity index (χ1v) is 9.99. The van der Waals surface area contributed by atoms with E-state index in [2.05, 4.69) is 10.3 Å². The third-order valence-electron chi connectivity index (χ3n) is 6.81. The molecular weight excluding hydrogens is 364 g/mol. The molecule has 0 saturated heterocycles. The van der Waals surface area contributed by atoms with Crippen molar-refractivity contribution in [2.45, 2.75) is 43.4 Å². The summed E-state index contributed by atoms with van der Waals surface area (Å²) in [5.74, 6) is 0.590. The van der Waals surface area contributed by atoms with E-state index in [4.69, 9.17) is 16.3 Å². The number of aromatic amines is 1. The molecular formula is C21H23ClN2O3. The van der Waals surface area contributed by atoms with Crippen molar-refractivity contribution in [3.05, 3.63) is 30.0 Å². The van der Waals surface area contributed by atoms with Crippen LogP contribution in [0.3, 0.4) is 0 Å². The molecule has 4 bridgehead atoms. The quantitative estimate of drug-likeness (QED) is 0.603. The van der Waals surface area contributed by atoms with Gasteiger partial charge >= 0.3 is 5.97 Å². The summed E-state index contributed by atoms with van der Waals surface area (Å²) in [6.07, 6.45) is 5.79.